The van der Waals surface area contributed by atoms with E-state index in [1.165, 1.54) is 0 Å². The highest BCUT2D eigenvalue weighted by Crippen LogP contribution is 2.40. The Balaban J connectivity index is 1.80. The Bertz CT molecular complexity index is 952. The van der Waals surface area contributed by atoms with E-state index in [9.17, 15) is 18.0 Å². The van der Waals surface area contributed by atoms with Crippen molar-refractivity contribution in [3.05, 3.63) is 71.3 Å². The predicted molar refractivity (Wildman–Crippen MR) is 103 cm³/mol. The van der Waals surface area contributed by atoms with Crippen molar-refractivity contribution in [2.24, 2.45) is 5.92 Å². The third-order valence-corrected chi connectivity index (χ3v) is 6.81. The predicted octanol–water partition coefficient (Wildman–Crippen LogP) is 3.91. The molecule has 0 radical (unpaired) electrons. The van der Waals surface area contributed by atoms with Crippen molar-refractivity contribution in [3.8, 4) is 0 Å². The first-order valence-corrected chi connectivity index (χ1v) is 10.7. The van der Waals surface area contributed by atoms with Crippen LogP contribution in [0.1, 0.15) is 41.2 Å². The van der Waals surface area contributed by atoms with Crippen molar-refractivity contribution in [3.63, 3.8) is 0 Å². The minimum absolute atomic E-state index is 0.0297. The second-order valence-electron chi connectivity index (χ2n) is 7.00. The van der Waals surface area contributed by atoms with E-state index in [2.05, 4.69) is 0 Å². The molecule has 0 spiro atoms. The number of hydrogen-bond acceptors (Lipinski definition) is 5. The molecule has 0 heterocycles. The van der Waals surface area contributed by atoms with Crippen LogP contribution in [-0.2, 0) is 32.4 Å². The molecule has 0 fully saturated rings. The molecule has 0 aromatic heterocycles. The maximum absolute atomic E-state index is 13.0. The van der Waals surface area contributed by atoms with Gasteiger partial charge in [-0.3, -0.25) is 4.79 Å². The number of fused-ring (bicyclic) bond motifs is 1. The third kappa shape index (κ3) is 4.59. The Kier molecular flexibility index (Phi) is 6.14. The third-order valence-electron chi connectivity index (χ3n) is 5.03. The van der Waals surface area contributed by atoms with Gasteiger partial charge in [0.2, 0.25) is 0 Å². The van der Waals surface area contributed by atoms with Gasteiger partial charge in [0.05, 0.1) is 5.25 Å². The number of carboxylic acids is 1. The van der Waals surface area contributed by atoms with Crippen LogP contribution in [0.2, 0.25) is 0 Å². The molecule has 0 amide bonds. The number of aliphatic carboxylic acids is 1. The number of carboxylic acid groups (broad SMARTS) is 1. The molecular formula is C21H22O6S. The van der Waals surface area contributed by atoms with E-state index in [4.69, 9.17) is 9.84 Å². The highest BCUT2D eigenvalue weighted by molar-refractivity contribution is 8.05. The summed E-state index contributed by atoms with van der Waals surface area (Å²) in [5.41, 5.74) is 2.15. The number of rotatable bonds is 6. The van der Waals surface area contributed by atoms with Crippen LogP contribution >= 0.6 is 0 Å². The summed E-state index contributed by atoms with van der Waals surface area (Å²) in [5.74, 6) is -1.03. The lowest BCUT2D eigenvalue weighted by molar-refractivity contribution is -0.137. The lowest BCUT2D eigenvalue weighted by Crippen LogP contribution is -2.29. The molecule has 1 aliphatic rings. The molecule has 0 aliphatic heterocycles. The van der Waals surface area contributed by atoms with Crippen molar-refractivity contribution < 1.29 is 27.9 Å². The number of hydrogen-bond donors (Lipinski definition) is 1. The summed E-state index contributed by atoms with van der Waals surface area (Å²) in [6.45, 7) is -0.115. The molecule has 1 aliphatic carbocycles. The largest absolute Gasteiger partial charge is 0.481 e. The van der Waals surface area contributed by atoms with E-state index in [-0.39, 0.29) is 25.4 Å². The Morgan fingerprint density at radius 1 is 1.04 bits per heavy atom. The van der Waals surface area contributed by atoms with E-state index < -0.39 is 26.4 Å². The quantitative estimate of drug-likeness (QED) is 0.736. The van der Waals surface area contributed by atoms with Gasteiger partial charge in [0.1, 0.15) is 6.61 Å². The zero-order chi connectivity index (χ0) is 20.1. The molecule has 28 heavy (non-hydrogen) atoms. The minimum atomic E-state index is -4.23. The number of carbonyl (C=O) groups excluding carboxylic acids is 1. The first kappa shape index (κ1) is 20.1. The highest BCUT2D eigenvalue weighted by Gasteiger charge is 2.41. The highest BCUT2D eigenvalue weighted by atomic mass is 32.2. The van der Waals surface area contributed by atoms with Crippen molar-refractivity contribution in [2.45, 2.75) is 37.5 Å². The average molecular weight is 402 g/mol. The van der Waals surface area contributed by atoms with Gasteiger partial charge in [0.25, 0.3) is 9.84 Å². The fourth-order valence-electron chi connectivity index (χ4n) is 3.61. The Morgan fingerprint density at radius 2 is 1.71 bits per heavy atom. The van der Waals surface area contributed by atoms with Crippen molar-refractivity contribution in [2.75, 3.05) is 0 Å². The van der Waals surface area contributed by atoms with Crippen LogP contribution in [0.3, 0.4) is 0 Å². The van der Waals surface area contributed by atoms with E-state index in [0.717, 1.165) is 5.56 Å². The fraction of sp³-hybridized carbons (Fsp3) is 0.333. The van der Waals surface area contributed by atoms with Gasteiger partial charge < -0.3 is 9.84 Å². The number of sulfone groups is 1. The number of benzene rings is 2. The summed E-state index contributed by atoms with van der Waals surface area (Å²) < 4.78 is 31.0. The summed E-state index contributed by atoms with van der Waals surface area (Å²) in [6, 6.07) is 16.0. The van der Waals surface area contributed by atoms with Crippen molar-refractivity contribution in [1.29, 1.82) is 0 Å². The number of ether oxygens (including phenoxy) is 1. The number of carbonyl (C=O) groups is 2. The Labute approximate surface area is 164 Å². The second kappa shape index (κ2) is 8.56. The van der Waals surface area contributed by atoms with E-state index >= 15 is 0 Å². The minimum Gasteiger partial charge on any atom is -0.481 e. The molecular weight excluding hydrogens is 380 g/mol. The summed E-state index contributed by atoms with van der Waals surface area (Å²) >= 11 is 0. The molecule has 2 aromatic carbocycles. The first-order valence-electron chi connectivity index (χ1n) is 9.12. The topological polar surface area (TPSA) is 97.7 Å². The van der Waals surface area contributed by atoms with Crippen LogP contribution in [0.15, 0.2) is 54.6 Å². The van der Waals surface area contributed by atoms with Crippen molar-refractivity contribution in [1.82, 2.24) is 0 Å². The lowest BCUT2D eigenvalue weighted by Gasteiger charge is -2.30. The fourth-order valence-corrected chi connectivity index (χ4v) is 5.16. The zero-order valence-corrected chi connectivity index (χ0v) is 16.1. The summed E-state index contributed by atoms with van der Waals surface area (Å²) in [6.07, 6.45) is 1.16. The van der Waals surface area contributed by atoms with Gasteiger partial charge in [-0.05, 0) is 41.9 Å². The molecule has 6 nitrogen and oxygen atoms in total. The van der Waals surface area contributed by atoms with Crippen LogP contribution in [0, 0.1) is 5.92 Å². The molecule has 3 rings (SSSR count). The van der Waals surface area contributed by atoms with Crippen LogP contribution in [0.5, 0.6) is 0 Å². The molecule has 1 N–H and O–H groups in total. The summed E-state index contributed by atoms with van der Waals surface area (Å²) in [5, 5.41) is 6.68. The Morgan fingerprint density at radius 3 is 2.43 bits per heavy atom. The molecule has 2 aromatic rings. The summed E-state index contributed by atoms with van der Waals surface area (Å²) in [4.78, 5) is 23.3. The van der Waals surface area contributed by atoms with Gasteiger partial charge in [-0.2, -0.15) is 0 Å². The van der Waals surface area contributed by atoms with Crippen LogP contribution in [0.25, 0.3) is 0 Å². The van der Waals surface area contributed by atoms with Gasteiger partial charge in [0.15, 0.2) is 0 Å². The van der Waals surface area contributed by atoms with E-state index in [1.807, 2.05) is 18.2 Å². The molecule has 1 unspecified atom stereocenters. The van der Waals surface area contributed by atoms with Gasteiger partial charge in [-0.25, -0.2) is 13.2 Å². The molecule has 2 atom stereocenters. The Hall–Kier alpha value is -2.67. The van der Waals surface area contributed by atoms with E-state index in [0.29, 0.717) is 24.0 Å². The van der Waals surface area contributed by atoms with Crippen LogP contribution in [0.4, 0.5) is 4.79 Å². The molecule has 7 heteroatoms. The zero-order valence-electron chi connectivity index (χ0n) is 15.3. The van der Waals surface area contributed by atoms with E-state index in [1.54, 1.807) is 36.4 Å². The second-order valence-corrected chi connectivity index (χ2v) is 8.99. The molecule has 0 saturated carbocycles. The maximum atomic E-state index is 13.0. The smallest absolute Gasteiger partial charge is 0.425 e. The average Bonchev–Trinajstić information content (AvgIpc) is 2.70. The standard InChI is InChI=1S/C21H22O6S/c22-20(23)11-10-16-12-17-8-4-5-9-18(17)19(13-16)28(25,26)21(24)27-14-15-6-2-1-3-7-15/h1-9,16,19H,10-14H2,(H,22,23)/t16-,19?/m1/s1. The summed E-state index contributed by atoms with van der Waals surface area (Å²) in [7, 11) is -4.23. The van der Waals surface area contributed by atoms with Gasteiger partial charge in [-0.1, -0.05) is 54.6 Å². The van der Waals surface area contributed by atoms with Gasteiger partial charge >= 0.3 is 11.3 Å². The van der Waals surface area contributed by atoms with Crippen LogP contribution < -0.4 is 0 Å². The van der Waals surface area contributed by atoms with Gasteiger partial charge in [0, 0.05) is 6.42 Å². The lowest BCUT2D eigenvalue weighted by atomic mass is 9.81. The van der Waals surface area contributed by atoms with Gasteiger partial charge in [-0.15, -0.1) is 0 Å². The molecule has 0 bridgehead atoms. The van der Waals surface area contributed by atoms with Crippen molar-refractivity contribution >= 4 is 21.1 Å². The maximum Gasteiger partial charge on any atom is 0.425 e. The monoisotopic (exact) mass is 402 g/mol. The molecule has 148 valence electrons. The SMILES string of the molecule is O=C(O)CC[C@@H]1Cc2ccccc2C(S(=O)(=O)C(=O)OCc2ccccc2)C1. The molecule has 0 saturated heterocycles. The first-order chi connectivity index (χ1) is 13.4. The van der Waals surface area contributed by atoms with Crippen LogP contribution in [-0.4, -0.2) is 24.8 Å². The normalized spacial score (nSPS) is 18.9.